The van der Waals surface area contributed by atoms with Crippen molar-refractivity contribution >= 4 is 57.2 Å². The molecule has 0 amide bonds. The molecule has 0 bridgehead atoms. The molecule has 8 rings (SSSR count). The van der Waals surface area contributed by atoms with E-state index in [1.807, 2.05) is 0 Å². The van der Waals surface area contributed by atoms with Gasteiger partial charge in [0.25, 0.3) is 6.71 Å². The second kappa shape index (κ2) is 9.71. The molecule has 0 atom stereocenters. The van der Waals surface area contributed by atoms with Crippen LogP contribution in [0.25, 0.3) is 0 Å². The maximum absolute atomic E-state index is 6.49. The normalized spacial score (nSPS) is 12.6. The van der Waals surface area contributed by atoms with Gasteiger partial charge in [-0.3, -0.25) is 0 Å². The molecule has 3 nitrogen and oxygen atoms in total. The van der Waals surface area contributed by atoms with Crippen molar-refractivity contribution in [2.45, 2.75) is 13.8 Å². The summed E-state index contributed by atoms with van der Waals surface area (Å²) >= 11 is 0. The topological polar surface area (TPSA) is 15.7 Å². The Bertz CT molecular complexity index is 1890. The van der Waals surface area contributed by atoms with E-state index in [1.165, 1.54) is 33.2 Å². The number of nitrogens with zero attached hydrogens (tertiary/aromatic N) is 2. The second-order valence-corrected chi connectivity index (χ2v) is 11.2. The van der Waals surface area contributed by atoms with Crippen LogP contribution in [0.4, 0.5) is 34.1 Å². The van der Waals surface area contributed by atoms with Crippen molar-refractivity contribution in [3.05, 3.63) is 151 Å². The highest BCUT2D eigenvalue weighted by Gasteiger charge is 2.41. The van der Waals surface area contributed by atoms with Crippen LogP contribution >= 0.6 is 0 Å². The monoisotopic (exact) mass is 540 g/mol. The maximum Gasteiger partial charge on any atom is 0.256 e. The highest BCUT2D eigenvalue weighted by atomic mass is 16.5. The summed E-state index contributed by atoms with van der Waals surface area (Å²) < 4.78 is 6.49. The Morgan fingerprint density at radius 1 is 0.524 bits per heavy atom. The Morgan fingerprint density at radius 2 is 1.14 bits per heavy atom. The van der Waals surface area contributed by atoms with Crippen molar-refractivity contribution in [1.29, 1.82) is 0 Å². The molecule has 0 aromatic heterocycles. The lowest BCUT2D eigenvalue weighted by Crippen LogP contribution is -2.59. The molecular weight excluding hydrogens is 511 g/mol. The minimum atomic E-state index is 0.0809. The molecule has 2 aliphatic heterocycles. The zero-order valence-corrected chi connectivity index (χ0v) is 23.7. The van der Waals surface area contributed by atoms with E-state index in [-0.39, 0.29) is 6.71 Å². The van der Waals surface area contributed by atoms with Gasteiger partial charge in [-0.1, -0.05) is 83.9 Å². The predicted octanol–water partition coefficient (Wildman–Crippen LogP) is 8.18. The van der Waals surface area contributed by atoms with Crippen LogP contribution < -0.4 is 30.9 Å². The number of ether oxygens (including phenoxy) is 1. The Balaban J connectivity index is 1.39. The fraction of sp³-hybridized carbons (Fsp3) is 0.0526. The smallest absolute Gasteiger partial charge is 0.256 e. The number of fused-ring (bicyclic) bond motifs is 4. The highest BCUT2D eigenvalue weighted by molar-refractivity contribution is 6.99. The van der Waals surface area contributed by atoms with Crippen LogP contribution in [-0.4, -0.2) is 6.71 Å². The van der Waals surface area contributed by atoms with Crippen LogP contribution in [0, 0.1) is 13.8 Å². The Kier molecular flexibility index (Phi) is 5.68. The lowest BCUT2D eigenvalue weighted by Gasteiger charge is -2.40. The summed E-state index contributed by atoms with van der Waals surface area (Å²) in [7, 11) is 0. The number of hydrogen-bond acceptors (Lipinski definition) is 3. The first-order chi connectivity index (χ1) is 20.7. The van der Waals surface area contributed by atoms with Gasteiger partial charge in [0.2, 0.25) is 0 Å². The number of rotatable bonds is 4. The minimum Gasteiger partial charge on any atom is -0.458 e. The third-order valence-electron chi connectivity index (χ3n) is 8.45. The number of benzene rings is 6. The summed E-state index contributed by atoms with van der Waals surface area (Å²) in [6.45, 7) is 4.35. The molecule has 0 saturated heterocycles. The summed E-state index contributed by atoms with van der Waals surface area (Å²) in [5, 5.41) is 0. The first kappa shape index (κ1) is 24.6. The van der Waals surface area contributed by atoms with Crippen molar-refractivity contribution in [3.8, 4) is 11.5 Å². The van der Waals surface area contributed by atoms with Crippen LogP contribution in [0.2, 0.25) is 0 Å². The molecule has 0 spiro atoms. The van der Waals surface area contributed by atoms with Crippen LogP contribution in [0.5, 0.6) is 11.5 Å². The van der Waals surface area contributed by atoms with Gasteiger partial charge in [-0.2, -0.15) is 0 Å². The van der Waals surface area contributed by atoms with E-state index >= 15 is 0 Å². The van der Waals surface area contributed by atoms with Gasteiger partial charge < -0.3 is 14.5 Å². The SMILES string of the molecule is Cc1ccc(N(c2ccc(C)cc2)c2ccc3c(c2)N(c2ccccc2)c2cccc4c2B3c2ccccc2O4)cc1. The van der Waals surface area contributed by atoms with E-state index in [0.29, 0.717) is 0 Å². The molecule has 42 heavy (non-hydrogen) atoms. The van der Waals surface area contributed by atoms with Gasteiger partial charge in [0.05, 0.1) is 0 Å². The van der Waals surface area contributed by atoms with E-state index in [0.717, 1.165) is 39.9 Å². The fourth-order valence-corrected chi connectivity index (χ4v) is 6.44. The van der Waals surface area contributed by atoms with Gasteiger partial charge in [-0.05, 0) is 97.0 Å². The van der Waals surface area contributed by atoms with Crippen LogP contribution in [0.3, 0.4) is 0 Å². The van der Waals surface area contributed by atoms with Crippen molar-refractivity contribution in [3.63, 3.8) is 0 Å². The molecule has 4 heteroatoms. The predicted molar refractivity (Wildman–Crippen MR) is 176 cm³/mol. The highest BCUT2D eigenvalue weighted by Crippen LogP contribution is 2.43. The molecule has 0 saturated carbocycles. The second-order valence-electron chi connectivity index (χ2n) is 11.2. The van der Waals surface area contributed by atoms with Gasteiger partial charge in [0, 0.05) is 34.1 Å². The van der Waals surface area contributed by atoms with Gasteiger partial charge in [-0.25, -0.2) is 0 Å². The number of aryl methyl sites for hydroxylation is 2. The molecule has 0 N–H and O–H groups in total. The lowest BCUT2D eigenvalue weighted by atomic mass is 9.34. The fourth-order valence-electron chi connectivity index (χ4n) is 6.44. The Labute approximate surface area is 247 Å². The van der Waals surface area contributed by atoms with Crippen LogP contribution in [0.1, 0.15) is 11.1 Å². The summed E-state index contributed by atoms with van der Waals surface area (Å²) in [6, 6.07) is 50.1. The van der Waals surface area contributed by atoms with Gasteiger partial charge in [-0.15, -0.1) is 0 Å². The van der Waals surface area contributed by atoms with Gasteiger partial charge in [0.15, 0.2) is 0 Å². The molecule has 0 fully saturated rings. The largest absolute Gasteiger partial charge is 0.458 e. The van der Waals surface area contributed by atoms with Crippen molar-refractivity contribution in [1.82, 2.24) is 0 Å². The number of anilines is 6. The standard InChI is InChI=1S/C38H29BN2O/c1-26-15-19-29(20-16-26)40(30-21-17-27(2)18-22-30)31-23-24-32-35(25-31)41(28-9-4-3-5-10-28)34-12-8-14-37-38(34)39(32)33-11-6-7-13-36(33)42-37/h3-25H,1-2H3. The quantitative estimate of drug-likeness (QED) is 0.210. The molecule has 0 aliphatic carbocycles. The van der Waals surface area contributed by atoms with Crippen molar-refractivity contribution in [2.24, 2.45) is 0 Å². The zero-order chi connectivity index (χ0) is 28.2. The van der Waals surface area contributed by atoms with Crippen LogP contribution in [-0.2, 0) is 0 Å². The molecule has 6 aromatic rings. The van der Waals surface area contributed by atoms with Crippen molar-refractivity contribution < 1.29 is 4.74 Å². The molecule has 2 heterocycles. The Morgan fingerprint density at radius 3 is 1.86 bits per heavy atom. The lowest BCUT2D eigenvalue weighted by molar-refractivity contribution is 0.487. The van der Waals surface area contributed by atoms with Gasteiger partial charge in [0.1, 0.15) is 11.5 Å². The summed E-state index contributed by atoms with van der Waals surface area (Å²) in [4.78, 5) is 4.75. The van der Waals surface area contributed by atoms with Crippen molar-refractivity contribution in [2.75, 3.05) is 9.80 Å². The average molecular weight is 540 g/mol. The molecule has 200 valence electrons. The average Bonchev–Trinajstić information content (AvgIpc) is 3.03. The maximum atomic E-state index is 6.49. The minimum absolute atomic E-state index is 0.0809. The summed E-state index contributed by atoms with van der Waals surface area (Å²) in [5.41, 5.74) is 13.0. The third kappa shape index (κ3) is 3.91. The number of hydrogen-bond donors (Lipinski definition) is 0. The third-order valence-corrected chi connectivity index (χ3v) is 8.45. The molecule has 6 aromatic carbocycles. The molecule has 0 unspecified atom stereocenters. The van der Waals surface area contributed by atoms with E-state index < -0.39 is 0 Å². The number of para-hydroxylation sites is 2. The first-order valence-corrected chi connectivity index (χ1v) is 14.5. The molecular formula is C38H29BN2O. The van der Waals surface area contributed by atoms with E-state index in [1.54, 1.807) is 0 Å². The molecule has 0 radical (unpaired) electrons. The van der Waals surface area contributed by atoms with Crippen LogP contribution in [0.15, 0.2) is 140 Å². The van der Waals surface area contributed by atoms with E-state index in [4.69, 9.17) is 4.74 Å². The summed E-state index contributed by atoms with van der Waals surface area (Å²) in [5.74, 6) is 1.85. The van der Waals surface area contributed by atoms with E-state index in [9.17, 15) is 0 Å². The first-order valence-electron chi connectivity index (χ1n) is 14.5. The van der Waals surface area contributed by atoms with E-state index in [2.05, 4.69) is 163 Å². The Hall–Kier alpha value is -5.22. The summed E-state index contributed by atoms with van der Waals surface area (Å²) in [6.07, 6.45) is 0. The zero-order valence-electron chi connectivity index (χ0n) is 23.7. The molecule has 2 aliphatic rings. The van der Waals surface area contributed by atoms with Gasteiger partial charge >= 0.3 is 0 Å².